The zero-order chi connectivity index (χ0) is 12.5. The quantitative estimate of drug-likeness (QED) is 0.912. The fourth-order valence-electron chi connectivity index (χ4n) is 1.86. The maximum atomic E-state index is 14.0. The number of aromatic nitrogens is 1. The highest BCUT2D eigenvalue weighted by Gasteiger charge is 2.20. The molecule has 4 heteroatoms. The highest BCUT2D eigenvalue weighted by atomic mass is 32.1. The number of hydrogen-bond donors (Lipinski definition) is 1. The molecule has 0 bridgehead atoms. The first-order valence-electron chi connectivity index (χ1n) is 6.17. The van der Waals surface area contributed by atoms with Crippen molar-refractivity contribution >= 4 is 11.3 Å². The van der Waals surface area contributed by atoms with E-state index in [2.05, 4.69) is 10.3 Å². The molecule has 0 spiro atoms. The van der Waals surface area contributed by atoms with Gasteiger partial charge >= 0.3 is 0 Å². The Morgan fingerprint density at radius 2 is 2.28 bits per heavy atom. The van der Waals surface area contributed by atoms with E-state index in [1.54, 1.807) is 30.4 Å². The van der Waals surface area contributed by atoms with E-state index in [1.807, 2.05) is 12.3 Å². The summed E-state index contributed by atoms with van der Waals surface area (Å²) in [6.45, 7) is 2.62. The highest BCUT2D eigenvalue weighted by molar-refractivity contribution is 7.15. The molecular formula is C14H15FN2S. The van der Waals surface area contributed by atoms with Crippen molar-refractivity contribution in [3.05, 3.63) is 40.7 Å². The van der Waals surface area contributed by atoms with Gasteiger partial charge in [0.05, 0.1) is 0 Å². The topological polar surface area (TPSA) is 24.9 Å². The largest absolute Gasteiger partial charge is 0.309 e. The number of hydrogen-bond acceptors (Lipinski definition) is 3. The molecule has 1 aromatic carbocycles. The first-order chi connectivity index (χ1) is 8.74. The molecule has 2 aromatic rings. The lowest BCUT2D eigenvalue weighted by Gasteiger charge is -2.01. The van der Waals surface area contributed by atoms with Crippen LogP contribution in [0.4, 0.5) is 4.39 Å². The number of aryl methyl sites for hydroxylation is 1. The third-order valence-corrected chi connectivity index (χ3v) is 4.15. The molecule has 0 radical (unpaired) electrons. The average Bonchev–Trinajstić information content (AvgIpc) is 3.08. The number of nitrogens with one attached hydrogen (secondary N) is 1. The van der Waals surface area contributed by atoms with Gasteiger partial charge in [-0.1, -0.05) is 12.1 Å². The maximum Gasteiger partial charge on any atom is 0.136 e. The van der Waals surface area contributed by atoms with Gasteiger partial charge in [0.2, 0.25) is 0 Å². The number of halogens is 1. The van der Waals surface area contributed by atoms with Crippen molar-refractivity contribution < 1.29 is 4.39 Å². The number of nitrogens with zero attached hydrogens (tertiary/aromatic N) is 1. The molecule has 0 saturated heterocycles. The Bertz CT molecular complexity index is 561. The molecule has 1 aromatic heterocycles. The Hall–Kier alpha value is -1.26. The highest BCUT2D eigenvalue weighted by Crippen LogP contribution is 2.29. The summed E-state index contributed by atoms with van der Waals surface area (Å²) < 4.78 is 14.0. The van der Waals surface area contributed by atoms with Gasteiger partial charge in [-0.05, 0) is 31.4 Å². The predicted octanol–water partition coefficient (Wildman–Crippen LogP) is 3.51. The summed E-state index contributed by atoms with van der Waals surface area (Å²) >= 11 is 1.56. The fraction of sp³-hybridized carbons (Fsp3) is 0.357. The predicted molar refractivity (Wildman–Crippen MR) is 72.1 cm³/mol. The lowest BCUT2D eigenvalue weighted by molar-refractivity contribution is 0.622. The van der Waals surface area contributed by atoms with Gasteiger partial charge < -0.3 is 5.32 Å². The van der Waals surface area contributed by atoms with Gasteiger partial charge in [0.25, 0.3) is 0 Å². The Morgan fingerprint density at radius 3 is 3.06 bits per heavy atom. The van der Waals surface area contributed by atoms with Crippen LogP contribution >= 0.6 is 11.3 Å². The van der Waals surface area contributed by atoms with E-state index < -0.39 is 0 Å². The minimum Gasteiger partial charge on any atom is -0.309 e. The molecule has 0 aliphatic heterocycles. The van der Waals surface area contributed by atoms with Crippen LogP contribution in [0, 0.1) is 12.7 Å². The van der Waals surface area contributed by atoms with Gasteiger partial charge in [-0.2, -0.15) is 0 Å². The number of rotatable bonds is 4. The van der Waals surface area contributed by atoms with Gasteiger partial charge in [0.15, 0.2) is 0 Å². The third-order valence-electron chi connectivity index (χ3n) is 3.12. The normalized spacial score (nSPS) is 15.0. The molecule has 0 amide bonds. The monoisotopic (exact) mass is 262 g/mol. The number of thiazole rings is 1. The van der Waals surface area contributed by atoms with E-state index in [9.17, 15) is 4.39 Å². The molecule has 1 heterocycles. The van der Waals surface area contributed by atoms with Crippen molar-refractivity contribution in [2.24, 2.45) is 0 Å². The van der Waals surface area contributed by atoms with Gasteiger partial charge in [-0.25, -0.2) is 9.37 Å². The zero-order valence-electron chi connectivity index (χ0n) is 10.2. The van der Waals surface area contributed by atoms with Crippen molar-refractivity contribution in [1.82, 2.24) is 10.3 Å². The van der Waals surface area contributed by atoms with Gasteiger partial charge in [0.1, 0.15) is 10.8 Å². The molecule has 0 atom stereocenters. The molecule has 18 heavy (non-hydrogen) atoms. The van der Waals surface area contributed by atoms with Gasteiger partial charge in [0, 0.05) is 29.2 Å². The maximum absolute atomic E-state index is 14.0. The zero-order valence-corrected chi connectivity index (χ0v) is 11.1. The summed E-state index contributed by atoms with van der Waals surface area (Å²) in [6.07, 6.45) is 4.40. The Labute approximate surface area is 110 Å². The Morgan fingerprint density at radius 1 is 1.44 bits per heavy atom. The van der Waals surface area contributed by atoms with E-state index in [4.69, 9.17) is 0 Å². The fourth-order valence-corrected chi connectivity index (χ4v) is 2.74. The lowest BCUT2D eigenvalue weighted by atomic mass is 10.1. The smallest absolute Gasteiger partial charge is 0.136 e. The van der Waals surface area contributed by atoms with E-state index in [-0.39, 0.29) is 5.82 Å². The van der Waals surface area contributed by atoms with Crippen LogP contribution < -0.4 is 5.32 Å². The van der Waals surface area contributed by atoms with Crippen LogP contribution in [0.15, 0.2) is 24.4 Å². The van der Waals surface area contributed by atoms with E-state index in [0.29, 0.717) is 17.2 Å². The van der Waals surface area contributed by atoms with E-state index in [1.165, 1.54) is 12.8 Å². The van der Waals surface area contributed by atoms with Crippen LogP contribution in [-0.4, -0.2) is 11.0 Å². The van der Waals surface area contributed by atoms with Crippen LogP contribution in [0.3, 0.4) is 0 Å². The summed E-state index contributed by atoms with van der Waals surface area (Å²) in [4.78, 5) is 5.49. The Kier molecular flexibility index (Phi) is 3.14. The van der Waals surface area contributed by atoms with Crippen LogP contribution in [0.25, 0.3) is 10.6 Å². The molecular weight excluding hydrogens is 247 g/mol. The summed E-state index contributed by atoms with van der Waals surface area (Å²) in [5.41, 5.74) is 1.28. The summed E-state index contributed by atoms with van der Waals surface area (Å²) in [5, 5.41) is 4.21. The minimum atomic E-state index is -0.159. The second-order valence-corrected chi connectivity index (χ2v) is 5.84. The van der Waals surface area contributed by atoms with Crippen LogP contribution in [0.1, 0.15) is 23.3 Å². The second kappa shape index (κ2) is 4.78. The van der Waals surface area contributed by atoms with Gasteiger partial charge in [-0.3, -0.25) is 0 Å². The summed E-state index contributed by atoms with van der Waals surface area (Å²) in [7, 11) is 0. The van der Waals surface area contributed by atoms with E-state index >= 15 is 0 Å². The molecule has 1 aliphatic carbocycles. The second-order valence-electron chi connectivity index (χ2n) is 4.72. The van der Waals surface area contributed by atoms with Crippen molar-refractivity contribution in [3.8, 4) is 10.6 Å². The minimum absolute atomic E-state index is 0.159. The Balaban J connectivity index is 1.80. The summed E-state index contributed by atoms with van der Waals surface area (Å²) in [5.74, 6) is -0.159. The van der Waals surface area contributed by atoms with Crippen molar-refractivity contribution in [2.75, 3.05) is 0 Å². The first-order valence-corrected chi connectivity index (χ1v) is 6.99. The molecule has 1 aliphatic rings. The molecule has 0 unspecified atom stereocenters. The van der Waals surface area contributed by atoms with Crippen LogP contribution in [-0.2, 0) is 6.54 Å². The molecule has 1 fully saturated rings. The molecule has 1 N–H and O–H groups in total. The lowest BCUT2D eigenvalue weighted by Crippen LogP contribution is -2.14. The average molecular weight is 262 g/mol. The first kappa shape index (κ1) is 11.8. The van der Waals surface area contributed by atoms with E-state index in [0.717, 1.165) is 16.4 Å². The number of benzene rings is 1. The van der Waals surface area contributed by atoms with Crippen molar-refractivity contribution in [2.45, 2.75) is 32.4 Å². The summed E-state index contributed by atoms with van der Waals surface area (Å²) in [6, 6.07) is 6.13. The molecule has 3 rings (SSSR count). The van der Waals surface area contributed by atoms with Crippen LogP contribution in [0.5, 0.6) is 0 Å². The SMILES string of the molecule is Cc1cccc(-c2ncc(CNC3CC3)s2)c1F. The van der Waals surface area contributed by atoms with Crippen molar-refractivity contribution in [1.29, 1.82) is 0 Å². The molecule has 94 valence electrons. The molecule has 1 saturated carbocycles. The van der Waals surface area contributed by atoms with Gasteiger partial charge in [-0.15, -0.1) is 11.3 Å². The van der Waals surface area contributed by atoms with Crippen LogP contribution in [0.2, 0.25) is 0 Å². The molecule has 2 nitrogen and oxygen atoms in total. The standard InChI is InChI=1S/C14H15FN2S/c1-9-3-2-4-12(13(9)15)14-17-8-11(18-14)7-16-10-5-6-10/h2-4,8,10,16H,5-7H2,1H3. The third kappa shape index (κ3) is 2.44. The van der Waals surface area contributed by atoms with Crippen molar-refractivity contribution in [3.63, 3.8) is 0 Å².